The third kappa shape index (κ3) is 2.29. The molecule has 1 saturated carbocycles. The number of hydrogen-bond donors (Lipinski definition) is 1. The van der Waals surface area contributed by atoms with Gasteiger partial charge < -0.3 is 5.32 Å². The van der Waals surface area contributed by atoms with Gasteiger partial charge in [-0.2, -0.15) is 0 Å². The second-order valence-electron chi connectivity index (χ2n) is 5.06. The zero-order valence-corrected chi connectivity index (χ0v) is 11.6. The predicted molar refractivity (Wildman–Crippen MR) is 68.9 cm³/mol. The third-order valence-electron chi connectivity index (χ3n) is 3.93. The summed E-state index contributed by atoms with van der Waals surface area (Å²) in [6, 6.07) is 4.93. The van der Waals surface area contributed by atoms with Crippen LogP contribution in [0.3, 0.4) is 0 Å². The van der Waals surface area contributed by atoms with E-state index in [-0.39, 0.29) is 4.90 Å². The van der Waals surface area contributed by atoms with Crippen molar-refractivity contribution in [3.8, 4) is 0 Å². The first-order valence-electron chi connectivity index (χ1n) is 6.01. The van der Waals surface area contributed by atoms with Gasteiger partial charge in [0.05, 0.1) is 0 Å². The van der Waals surface area contributed by atoms with Crippen LogP contribution in [-0.2, 0) is 9.84 Å². The highest BCUT2D eigenvalue weighted by molar-refractivity contribution is 7.90. The minimum absolute atomic E-state index is 0.219. The maximum absolute atomic E-state index is 13.8. The predicted octanol–water partition coefficient (Wildman–Crippen LogP) is 1.94. The number of hydrogen-bond acceptors (Lipinski definition) is 3. The molecule has 1 aromatic carbocycles. The van der Waals surface area contributed by atoms with Gasteiger partial charge in [-0.3, -0.25) is 0 Å². The molecule has 0 bridgehead atoms. The Labute approximate surface area is 107 Å². The van der Waals surface area contributed by atoms with Gasteiger partial charge >= 0.3 is 0 Å². The lowest BCUT2D eigenvalue weighted by Crippen LogP contribution is -2.46. The molecule has 0 saturated heterocycles. The lowest BCUT2D eigenvalue weighted by atomic mass is 9.67. The van der Waals surface area contributed by atoms with Crippen molar-refractivity contribution in [2.24, 2.45) is 5.92 Å². The molecule has 100 valence electrons. The molecular weight excluding hydrogens is 253 g/mol. The quantitative estimate of drug-likeness (QED) is 0.914. The van der Waals surface area contributed by atoms with E-state index in [1.165, 1.54) is 12.1 Å². The fraction of sp³-hybridized carbons (Fsp3) is 0.538. The summed E-state index contributed by atoms with van der Waals surface area (Å²) in [6.45, 7) is 2.12. The number of rotatable bonds is 3. The normalized spacial score (nSPS) is 27.9. The Morgan fingerprint density at radius 3 is 2.50 bits per heavy atom. The van der Waals surface area contributed by atoms with E-state index < -0.39 is 15.7 Å². The van der Waals surface area contributed by atoms with E-state index >= 15 is 0 Å². The molecule has 0 amide bonds. The summed E-state index contributed by atoms with van der Waals surface area (Å²) in [5.41, 5.74) is 0.888. The highest BCUT2D eigenvalue weighted by Gasteiger charge is 2.37. The molecule has 18 heavy (non-hydrogen) atoms. The molecule has 1 aromatic rings. The van der Waals surface area contributed by atoms with Crippen molar-refractivity contribution in [3.63, 3.8) is 0 Å². The summed E-state index contributed by atoms with van der Waals surface area (Å²) >= 11 is 0. The molecule has 0 spiro atoms. The van der Waals surface area contributed by atoms with Crippen LogP contribution in [0.25, 0.3) is 0 Å². The van der Waals surface area contributed by atoms with Crippen LogP contribution >= 0.6 is 0 Å². The SMILES string of the molecule is CNC1CC(c2ccc(S(C)(=O)=O)c(F)c2)C1C. The van der Waals surface area contributed by atoms with Crippen LogP contribution < -0.4 is 5.32 Å². The smallest absolute Gasteiger partial charge is 0.178 e. The molecule has 0 radical (unpaired) electrons. The van der Waals surface area contributed by atoms with E-state index in [1.54, 1.807) is 6.07 Å². The number of sulfone groups is 1. The molecule has 2 rings (SSSR count). The first kappa shape index (κ1) is 13.5. The third-order valence-corrected chi connectivity index (χ3v) is 5.06. The molecule has 1 aliphatic carbocycles. The lowest BCUT2D eigenvalue weighted by Gasteiger charge is -2.43. The van der Waals surface area contributed by atoms with E-state index in [2.05, 4.69) is 12.2 Å². The molecule has 0 aromatic heterocycles. The van der Waals surface area contributed by atoms with Crippen LogP contribution in [0.5, 0.6) is 0 Å². The average molecular weight is 271 g/mol. The summed E-state index contributed by atoms with van der Waals surface area (Å²) in [4.78, 5) is -0.219. The average Bonchev–Trinajstić information content (AvgIpc) is 2.26. The Bertz CT molecular complexity index is 556. The topological polar surface area (TPSA) is 46.2 Å². The lowest BCUT2D eigenvalue weighted by molar-refractivity contribution is 0.194. The maximum Gasteiger partial charge on any atom is 0.178 e. The van der Waals surface area contributed by atoms with E-state index in [9.17, 15) is 12.8 Å². The van der Waals surface area contributed by atoms with Gasteiger partial charge in [0, 0.05) is 12.3 Å². The molecule has 5 heteroatoms. The molecule has 0 aliphatic heterocycles. The van der Waals surface area contributed by atoms with Gasteiger partial charge in [-0.1, -0.05) is 13.0 Å². The molecule has 1 N–H and O–H groups in total. The van der Waals surface area contributed by atoms with E-state index in [4.69, 9.17) is 0 Å². The fourth-order valence-corrected chi connectivity index (χ4v) is 3.38. The second kappa shape index (κ2) is 4.63. The minimum Gasteiger partial charge on any atom is -0.317 e. The second-order valence-corrected chi connectivity index (χ2v) is 7.04. The van der Waals surface area contributed by atoms with Crippen molar-refractivity contribution in [2.75, 3.05) is 13.3 Å². The van der Waals surface area contributed by atoms with Crippen molar-refractivity contribution in [1.29, 1.82) is 0 Å². The van der Waals surface area contributed by atoms with Gasteiger partial charge in [0.1, 0.15) is 10.7 Å². The summed E-state index contributed by atoms with van der Waals surface area (Å²) in [5.74, 6) is 0.110. The van der Waals surface area contributed by atoms with Gasteiger partial charge in [0.2, 0.25) is 0 Å². The Morgan fingerprint density at radius 2 is 2.06 bits per heavy atom. The van der Waals surface area contributed by atoms with Crippen LogP contribution in [0.1, 0.15) is 24.8 Å². The van der Waals surface area contributed by atoms with Gasteiger partial charge in [-0.15, -0.1) is 0 Å². The minimum atomic E-state index is -3.48. The zero-order chi connectivity index (χ0) is 13.5. The molecular formula is C13H18FNO2S. The Morgan fingerprint density at radius 1 is 1.39 bits per heavy atom. The fourth-order valence-electron chi connectivity index (χ4n) is 2.66. The standard InChI is InChI=1S/C13H18FNO2S/c1-8-10(7-12(8)15-2)9-4-5-13(11(14)6-9)18(3,16)17/h4-6,8,10,12,15H,7H2,1-3H3. The largest absolute Gasteiger partial charge is 0.317 e. The molecule has 1 aliphatic rings. The molecule has 3 unspecified atom stereocenters. The number of halogens is 1. The first-order valence-corrected chi connectivity index (χ1v) is 7.90. The van der Waals surface area contributed by atoms with Crippen LogP contribution in [0.15, 0.2) is 23.1 Å². The van der Waals surface area contributed by atoms with E-state index in [0.717, 1.165) is 18.2 Å². The monoisotopic (exact) mass is 271 g/mol. The Kier molecular flexibility index (Phi) is 3.47. The number of benzene rings is 1. The summed E-state index contributed by atoms with van der Waals surface area (Å²) in [6.07, 6.45) is 1.99. The van der Waals surface area contributed by atoms with Crippen LogP contribution in [0.2, 0.25) is 0 Å². The van der Waals surface area contributed by atoms with Crippen molar-refractivity contribution >= 4 is 9.84 Å². The Hall–Kier alpha value is -0.940. The highest BCUT2D eigenvalue weighted by Crippen LogP contribution is 2.42. The zero-order valence-electron chi connectivity index (χ0n) is 10.8. The highest BCUT2D eigenvalue weighted by atomic mass is 32.2. The van der Waals surface area contributed by atoms with Crippen LogP contribution in [0.4, 0.5) is 4.39 Å². The van der Waals surface area contributed by atoms with Crippen molar-refractivity contribution in [3.05, 3.63) is 29.6 Å². The molecule has 3 nitrogen and oxygen atoms in total. The van der Waals surface area contributed by atoms with Gasteiger partial charge in [0.25, 0.3) is 0 Å². The molecule has 1 fully saturated rings. The molecule has 0 heterocycles. The van der Waals surface area contributed by atoms with Crippen molar-refractivity contribution in [2.45, 2.75) is 30.2 Å². The van der Waals surface area contributed by atoms with Crippen LogP contribution in [-0.4, -0.2) is 27.8 Å². The van der Waals surface area contributed by atoms with E-state index in [1.807, 2.05) is 7.05 Å². The first-order chi connectivity index (χ1) is 8.34. The maximum atomic E-state index is 13.8. The summed E-state index contributed by atoms with van der Waals surface area (Å²) in [7, 11) is -1.56. The van der Waals surface area contributed by atoms with Gasteiger partial charge in [-0.05, 0) is 43.0 Å². The Balaban J connectivity index is 2.26. The van der Waals surface area contributed by atoms with Crippen molar-refractivity contribution in [1.82, 2.24) is 5.32 Å². The molecule has 3 atom stereocenters. The van der Waals surface area contributed by atoms with Gasteiger partial charge in [0.15, 0.2) is 9.84 Å². The van der Waals surface area contributed by atoms with Crippen molar-refractivity contribution < 1.29 is 12.8 Å². The summed E-state index contributed by atoms with van der Waals surface area (Å²) < 4.78 is 36.4. The van der Waals surface area contributed by atoms with Crippen LogP contribution in [0, 0.1) is 11.7 Å². The van der Waals surface area contributed by atoms with E-state index in [0.29, 0.717) is 17.9 Å². The summed E-state index contributed by atoms with van der Waals surface area (Å²) in [5, 5.41) is 3.21. The number of nitrogens with one attached hydrogen (secondary N) is 1. The van der Waals surface area contributed by atoms with Gasteiger partial charge in [-0.25, -0.2) is 12.8 Å².